The molecule has 65 heavy (non-hydrogen) atoms. The topological polar surface area (TPSA) is 43.9 Å². The van der Waals surface area contributed by atoms with Gasteiger partial charge in [-0.15, -0.1) is 54.1 Å². The second-order valence-electron chi connectivity index (χ2n) is 18.6. The van der Waals surface area contributed by atoms with E-state index in [-0.39, 0.29) is 31.9 Å². The molecule has 0 spiro atoms. The Kier molecular flexibility index (Phi) is 13.1. The zero-order valence-corrected chi connectivity index (χ0v) is 42.1. The van der Waals surface area contributed by atoms with E-state index in [1.54, 1.807) is 0 Å². The second-order valence-corrected chi connectivity index (χ2v) is 23.6. The minimum atomic E-state index is -1.23. The summed E-state index contributed by atoms with van der Waals surface area (Å²) in [6.45, 7) is 20.5. The van der Waals surface area contributed by atoms with Crippen LogP contribution in [0.25, 0.3) is 83.6 Å². The van der Waals surface area contributed by atoms with Crippen LogP contribution in [0, 0.1) is 26.0 Å². The third-order valence-electron chi connectivity index (χ3n) is 12.3. The van der Waals surface area contributed by atoms with Crippen molar-refractivity contribution in [1.29, 1.82) is 0 Å². The molecule has 0 saturated carbocycles. The van der Waals surface area contributed by atoms with Crippen LogP contribution in [0.1, 0.15) is 61.8 Å². The van der Waals surface area contributed by atoms with Crippen LogP contribution in [0.2, 0.25) is 19.6 Å². The van der Waals surface area contributed by atoms with E-state index in [0.717, 1.165) is 61.2 Å². The quantitative estimate of drug-likeness (QED) is 0.113. The van der Waals surface area contributed by atoms with Gasteiger partial charge in [0.25, 0.3) is 0 Å². The molecule has 0 aliphatic carbocycles. The van der Waals surface area contributed by atoms with Gasteiger partial charge in [0.05, 0.1) is 30.5 Å². The van der Waals surface area contributed by atoms with E-state index in [2.05, 4.69) is 204 Å². The number of hydrogen-bond donors (Lipinski definition) is 0. The normalized spacial score (nSPS) is 11.6. The molecular formula is C59H55IrN3OSi-2. The van der Waals surface area contributed by atoms with Gasteiger partial charge in [-0.2, -0.15) is 0 Å². The van der Waals surface area contributed by atoms with Crippen LogP contribution in [-0.2, 0) is 20.1 Å². The fourth-order valence-corrected chi connectivity index (χ4v) is 9.95. The Morgan fingerprint density at radius 2 is 1.31 bits per heavy atom. The Morgan fingerprint density at radius 3 is 1.95 bits per heavy atom. The SMILES string of the molecule is C[Si](C)(C)c1ccc(-c2[c-]cccc2)nc1.Cc1cccc(C)c1-c1ccc2c(c1)oc1c(-c3nc4ccccc4n3-c3c(C(C)C)cc(-c4ccccc4)cc3C(C)C)[c-]ccc12.[Ir]. The predicted octanol–water partition coefficient (Wildman–Crippen LogP) is 15.7. The van der Waals surface area contributed by atoms with E-state index in [1.807, 2.05) is 36.5 Å². The average molecular weight is 1040 g/mol. The number of para-hydroxylation sites is 2. The summed E-state index contributed by atoms with van der Waals surface area (Å²) in [6, 6.07) is 60.1. The average Bonchev–Trinajstić information content (AvgIpc) is 3.87. The predicted molar refractivity (Wildman–Crippen MR) is 273 cm³/mol. The van der Waals surface area contributed by atoms with E-state index >= 15 is 0 Å². The molecule has 3 aromatic heterocycles. The van der Waals surface area contributed by atoms with Gasteiger partial charge in [0.1, 0.15) is 5.58 Å². The number of hydrogen-bond acceptors (Lipinski definition) is 3. The van der Waals surface area contributed by atoms with Crippen LogP contribution in [0.15, 0.2) is 162 Å². The van der Waals surface area contributed by atoms with E-state index in [1.165, 1.54) is 49.8 Å². The van der Waals surface area contributed by atoms with Gasteiger partial charge in [-0.05, 0) is 111 Å². The first-order valence-electron chi connectivity index (χ1n) is 22.5. The Balaban J connectivity index is 0.000000287. The number of aryl methyl sites for hydroxylation is 2. The third-order valence-corrected chi connectivity index (χ3v) is 14.4. The Hall–Kier alpha value is -6.17. The van der Waals surface area contributed by atoms with Crippen molar-refractivity contribution in [2.45, 2.75) is 73.0 Å². The number of benzene rings is 7. The number of aromatic nitrogens is 3. The van der Waals surface area contributed by atoms with Crippen molar-refractivity contribution in [2.24, 2.45) is 0 Å². The summed E-state index contributed by atoms with van der Waals surface area (Å²) in [5.74, 6) is 1.40. The number of nitrogens with zero attached hydrogens (tertiary/aromatic N) is 3. The van der Waals surface area contributed by atoms with Crippen molar-refractivity contribution in [3.63, 3.8) is 0 Å². The Labute approximate surface area is 398 Å². The molecule has 0 unspecified atom stereocenters. The van der Waals surface area contributed by atoms with Gasteiger partial charge >= 0.3 is 0 Å². The summed E-state index contributed by atoms with van der Waals surface area (Å²) in [5.41, 5.74) is 17.8. The standard InChI is InChI=1S/C45H39N2O.C14H16NSi.Ir/c1-27(2)37-24-33(31-16-8-7-9-17-31)25-38(28(3)4)43(37)47-40-21-11-10-20-39(40)46-45(47)36-19-13-18-35-34-23-22-32(26-41(34)48-44(35)36)42-29(5)14-12-15-30(42)6;1-16(2,3)13-9-10-14(15-11-13)12-7-5-4-6-8-12;/h7-18,20-28H,1-6H3;4-7,9-11H,1-3H3;/q2*-1;. The van der Waals surface area contributed by atoms with Gasteiger partial charge in [-0.25, -0.2) is 0 Å². The third kappa shape index (κ3) is 8.96. The van der Waals surface area contributed by atoms with E-state index in [4.69, 9.17) is 9.40 Å². The van der Waals surface area contributed by atoms with Crippen LogP contribution in [0.4, 0.5) is 0 Å². The molecule has 0 amide bonds. The van der Waals surface area contributed by atoms with Crippen molar-refractivity contribution >= 4 is 46.2 Å². The summed E-state index contributed by atoms with van der Waals surface area (Å²) >= 11 is 0. The van der Waals surface area contributed by atoms with Gasteiger partial charge in [-0.3, -0.25) is 4.98 Å². The molecule has 4 nitrogen and oxygen atoms in total. The molecule has 3 heterocycles. The summed E-state index contributed by atoms with van der Waals surface area (Å²) in [5, 5.41) is 3.56. The van der Waals surface area contributed by atoms with Crippen LogP contribution in [0.3, 0.4) is 0 Å². The van der Waals surface area contributed by atoms with Crippen LogP contribution < -0.4 is 5.19 Å². The van der Waals surface area contributed by atoms with E-state index in [0.29, 0.717) is 0 Å². The molecule has 0 N–H and O–H groups in total. The zero-order chi connectivity index (χ0) is 44.7. The molecule has 1 radical (unpaired) electrons. The molecule has 0 fully saturated rings. The molecule has 0 aliphatic rings. The molecule has 0 aliphatic heterocycles. The maximum Gasteiger partial charge on any atom is 0.121 e. The first-order valence-corrected chi connectivity index (χ1v) is 26.0. The first-order chi connectivity index (χ1) is 30.9. The fraction of sp³-hybridized carbons (Fsp3) is 0.186. The number of imidazole rings is 1. The van der Waals surface area contributed by atoms with Gasteiger partial charge in [-0.1, -0.05) is 143 Å². The largest absolute Gasteiger partial charge is 0.501 e. The maximum atomic E-state index is 6.81. The van der Waals surface area contributed by atoms with Crippen LogP contribution in [-0.4, -0.2) is 22.6 Å². The molecular weight excluding hydrogens is 987 g/mol. The van der Waals surface area contributed by atoms with Gasteiger partial charge in [0.2, 0.25) is 0 Å². The molecule has 327 valence electrons. The summed E-state index contributed by atoms with van der Waals surface area (Å²) < 4.78 is 9.18. The first kappa shape index (κ1) is 45.4. The number of furan rings is 1. The molecule has 0 bridgehead atoms. The Morgan fingerprint density at radius 1 is 0.615 bits per heavy atom. The van der Waals surface area contributed by atoms with Crippen LogP contribution >= 0.6 is 0 Å². The van der Waals surface area contributed by atoms with Gasteiger partial charge in [0.15, 0.2) is 0 Å². The summed E-state index contributed by atoms with van der Waals surface area (Å²) in [6.07, 6.45) is 2.02. The molecule has 0 atom stereocenters. The second kappa shape index (κ2) is 18.7. The summed E-state index contributed by atoms with van der Waals surface area (Å²) in [7, 11) is -1.23. The number of pyridine rings is 1. The van der Waals surface area contributed by atoms with Crippen molar-refractivity contribution in [2.75, 3.05) is 0 Å². The van der Waals surface area contributed by atoms with Crippen molar-refractivity contribution < 1.29 is 24.5 Å². The monoisotopic (exact) mass is 1040 g/mol. The van der Waals surface area contributed by atoms with Crippen molar-refractivity contribution in [1.82, 2.24) is 14.5 Å². The minimum absolute atomic E-state index is 0. The van der Waals surface area contributed by atoms with Crippen LogP contribution in [0.5, 0.6) is 0 Å². The zero-order valence-electron chi connectivity index (χ0n) is 38.7. The number of rotatable bonds is 8. The van der Waals surface area contributed by atoms with Gasteiger partial charge < -0.3 is 14.0 Å². The smallest absolute Gasteiger partial charge is 0.121 e. The molecule has 10 aromatic rings. The van der Waals surface area contributed by atoms with Gasteiger partial charge in [0, 0.05) is 37.4 Å². The van der Waals surface area contributed by atoms with E-state index < -0.39 is 8.07 Å². The maximum absolute atomic E-state index is 6.81. The molecule has 10 rings (SSSR count). The van der Waals surface area contributed by atoms with Crippen molar-refractivity contribution in [3.05, 3.63) is 192 Å². The molecule has 6 heteroatoms. The summed E-state index contributed by atoms with van der Waals surface area (Å²) in [4.78, 5) is 9.84. The fourth-order valence-electron chi connectivity index (χ4n) is 8.92. The molecule has 0 saturated heterocycles. The number of fused-ring (bicyclic) bond motifs is 4. The van der Waals surface area contributed by atoms with Crippen molar-refractivity contribution in [3.8, 4) is 50.6 Å². The van der Waals surface area contributed by atoms with E-state index in [9.17, 15) is 0 Å². The minimum Gasteiger partial charge on any atom is -0.501 e. The Bertz CT molecular complexity index is 3220. The molecule has 7 aromatic carbocycles.